The molecule has 0 spiro atoms. The lowest BCUT2D eigenvalue weighted by atomic mass is 10.1. The Morgan fingerprint density at radius 2 is 2.50 bits per heavy atom. The molecule has 0 aliphatic carbocycles. The van der Waals surface area contributed by atoms with Crippen LogP contribution in [0.3, 0.4) is 0 Å². The van der Waals surface area contributed by atoms with Crippen molar-refractivity contribution in [3.05, 3.63) is 23.8 Å². The molecule has 1 heterocycles. The van der Waals surface area contributed by atoms with E-state index in [-0.39, 0.29) is 0 Å². The highest BCUT2D eigenvalue weighted by atomic mass is 16.5. The highest BCUT2D eigenvalue weighted by molar-refractivity contribution is 5.40. The van der Waals surface area contributed by atoms with Gasteiger partial charge in [0.2, 0.25) is 0 Å². The molecule has 14 heavy (non-hydrogen) atoms. The van der Waals surface area contributed by atoms with Gasteiger partial charge in [-0.1, -0.05) is 6.92 Å². The maximum Gasteiger partial charge on any atom is 0.127 e. The minimum atomic E-state index is 0.760. The van der Waals surface area contributed by atoms with E-state index in [0.29, 0.717) is 0 Å². The summed E-state index contributed by atoms with van der Waals surface area (Å²) in [5.41, 5.74) is 1.25. The summed E-state index contributed by atoms with van der Waals surface area (Å²) < 4.78 is 11.0. The van der Waals surface area contributed by atoms with Crippen LogP contribution in [0.1, 0.15) is 25.3 Å². The Morgan fingerprint density at radius 3 is 3.36 bits per heavy atom. The number of benzene rings is 1. The second-order valence-corrected chi connectivity index (χ2v) is 3.49. The quantitative estimate of drug-likeness (QED) is 0.731. The predicted octanol–water partition coefficient (Wildman–Crippen LogP) is 2.60. The van der Waals surface area contributed by atoms with Crippen LogP contribution in [0.4, 0.5) is 0 Å². The molecule has 75 valence electrons. The van der Waals surface area contributed by atoms with Gasteiger partial charge >= 0.3 is 0 Å². The molecule has 2 rings (SSSR count). The number of rotatable bonds is 3. The summed E-state index contributed by atoms with van der Waals surface area (Å²) in [5, 5.41) is 0. The molecule has 1 aliphatic heterocycles. The van der Waals surface area contributed by atoms with E-state index in [1.165, 1.54) is 5.56 Å². The van der Waals surface area contributed by atoms with Gasteiger partial charge in [0, 0.05) is 6.07 Å². The highest BCUT2D eigenvalue weighted by Crippen LogP contribution is 2.28. The molecule has 1 radical (unpaired) electrons. The summed E-state index contributed by atoms with van der Waals surface area (Å²) >= 11 is 0. The zero-order chi connectivity index (χ0) is 9.80. The lowest BCUT2D eigenvalue weighted by Gasteiger charge is -2.17. The first-order valence-electron chi connectivity index (χ1n) is 5.20. The van der Waals surface area contributed by atoms with Crippen molar-refractivity contribution in [2.24, 2.45) is 0 Å². The Hall–Kier alpha value is -1.18. The standard InChI is InChI=1S/C12H15O2/c1-2-7-13-11-5-6-12-10(9-11)4-3-8-14-12/h6,9H,2-4,7-8H2,1H3. The molecule has 2 heteroatoms. The minimum absolute atomic E-state index is 0.760. The van der Waals surface area contributed by atoms with Gasteiger partial charge in [-0.2, -0.15) is 0 Å². The van der Waals surface area contributed by atoms with Crippen LogP contribution in [-0.2, 0) is 6.42 Å². The van der Waals surface area contributed by atoms with Gasteiger partial charge in [-0.05, 0) is 37.0 Å². The molecule has 0 atom stereocenters. The number of aryl methyl sites for hydroxylation is 1. The van der Waals surface area contributed by atoms with E-state index in [1.807, 2.05) is 12.1 Å². The van der Waals surface area contributed by atoms with E-state index in [4.69, 9.17) is 9.47 Å². The lowest BCUT2D eigenvalue weighted by Crippen LogP contribution is -2.08. The number of fused-ring (bicyclic) bond motifs is 1. The Morgan fingerprint density at radius 1 is 1.57 bits per heavy atom. The van der Waals surface area contributed by atoms with E-state index >= 15 is 0 Å². The summed E-state index contributed by atoms with van der Waals surface area (Å²) in [6.45, 7) is 3.69. The molecule has 0 saturated heterocycles. The molecular formula is C12H15O2. The van der Waals surface area contributed by atoms with Crippen LogP contribution in [0.5, 0.6) is 11.5 Å². The summed E-state index contributed by atoms with van der Waals surface area (Å²) in [5.74, 6) is 1.82. The summed E-state index contributed by atoms with van der Waals surface area (Å²) in [4.78, 5) is 0. The van der Waals surface area contributed by atoms with E-state index in [0.717, 1.165) is 44.0 Å². The van der Waals surface area contributed by atoms with Crippen LogP contribution >= 0.6 is 0 Å². The molecular weight excluding hydrogens is 176 g/mol. The van der Waals surface area contributed by atoms with Crippen molar-refractivity contribution in [2.45, 2.75) is 26.2 Å². The SMILES string of the molecule is CCCOc1[c]cc2c(c1)CCCO2. The first kappa shape index (κ1) is 9.38. The fourth-order valence-corrected chi connectivity index (χ4v) is 1.57. The van der Waals surface area contributed by atoms with Gasteiger partial charge in [-0.25, -0.2) is 0 Å². The Balaban J connectivity index is 2.12. The molecule has 1 aromatic rings. The smallest absolute Gasteiger partial charge is 0.127 e. The fraction of sp³-hybridized carbons (Fsp3) is 0.500. The minimum Gasteiger partial charge on any atom is -0.493 e. The molecule has 0 bridgehead atoms. The summed E-state index contributed by atoms with van der Waals surface area (Å²) in [6, 6.07) is 7.02. The maximum atomic E-state index is 5.51. The zero-order valence-electron chi connectivity index (χ0n) is 8.51. The molecule has 0 amide bonds. The summed E-state index contributed by atoms with van der Waals surface area (Å²) in [6.07, 6.45) is 3.22. The first-order chi connectivity index (χ1) is 6.90. The third-order valence-corrected chi connectivity index (χ3v) is 2.28. The molecule has 0 fully saturated rings. The monoisotopic (exact) mass is 191 g/mol. The lowest BCUT2D eigenvalue weighted by molar-refractivity contribution is 0.284. The molecule has 2 nitrogen and oxygen atoms in total. The molecule has 0 aromatic heterocycles. The average molecular weight is 191 g/mol. The van der Waals surface area contributed by atoms with Crippen molar-refractivity contribution in [3.63, 3.8) is 0 Å². The number of ether oxygens (including phenoxy) is 2. The Bertz CT molecular complexity index is 307. The average Bonchev–Trinajstić information content (AvgIpc) is 2.26. The van der Waals surface area contributed by atoms with Crippen LogP contribution in [-0.4, -0.2) is 13.2 Å². The Kier molecular flexibility index (Phi) is 2.92. The second kappa shape index (κ2) is 4.36. The van der Waals surface area contributed by atoms with Gasteiger partial charge in [0.05, 0.1) is 13.2 Å². The van der Waals surface area contributed by atoms with E-state index in [2.05, 4.69) is 13.0 Å². The van der Waals surface area contributed by atoms with Crippen LogP contribution < -0.4 is 9.47 Å². The second-order valence-electron chi connectivity index (χ2n) is 3.49. The van der Waals surface area contributed by atoms with Gasteiger partial charge in [-0.15, -0.1) is 0 Å². The van der Waals surface area contributed by atoms with Crippen molar-refractivity contribution in [1.29, 1.82) is 0 Å². The molecule has 0 saturated carbocycles. The van der Waals surface area contributed by atoms with Crippen LogP contribution in [0.25, 0.3) is 0 Å². The topological polar surface area (TPSA) is 18.5 Å². The zero-order valence-corrected chi connectivity index (χ0v) is 8.51. The Labute approximate surface area is 84.8 Å². The van der Waals surface area contributed by atoms with Crippen LogP contribution in [0.2, 0.25) is 0 Å². The van der Waals surface area contributed by atoms with Crippen LogP contribution in [0, 0.1) is 6.07 Å². The molecule has 1 aliphatic rings. The van der Waals surface area contributed by atoms with Crippen molar-refractivity contribution in [1.82, 2.24) is 0 Å². The van der Waals surface area contributed by atoms with E-state index < -0.39 is 0 Å². The van der Waals surface area contributed by atoms with Crippen molar-refractivity contribution < 1.29 is 9.47 Å². The van der Waals surface area contributed by atoms with Crippen molar-refractivity contribution >= 4 is 0 Å². The molecule has 0 N–H and O–H groups in total. The van der Waals surface area contributed by atoms with Gasteiger partial charge in [0.1, 0.15) is 11.5 Å². The normalized spacial score (nSPS) is 14.4. The largest absolute Gasteiger partial charge is 0.493 e. The van der Waals surface area contributed by atoms with Gasteiger partial charge in [0.15, 0.2) is 0 Å². The fourth-order valence-electron chi connectivity index (χ4n) is 1.57. The first-order valence-corrected chi connectivity index (χ1v) is 5.20. The molecule has 1 aromatic carbocycles. The third-order valence-electron chi connectivity index (χ3n) is 2.28. The summed E-state index contributed by atoms with van der Waals surface area (Å²) in [7, 11) is 0. The van der Waals surface area contributed by atoms with Crippen LogP contribution in [0.15, 0.2) is 12.1 Å². The highest BCUT2D eigenvalue weighted by Gasteiger charge is 2.10. The van der Waals surface area contributed by atoms with E-state index in [9.17, 15) is 0 Å². The predicted molar refractivity (Wildman–Crippen MR) is 54.9 cm³/mol. The van der Waals surface area contributed by atoms with E-state index in [1.54, 1.807) is 0 Å². The van der Waals surface area contributed by atoms with Gasteiger partial charge in [0.25, 0.3) is 0 Å². The molecule has 0 unspecified atom stereocenters. The number of hydrogen-bond acceptors (Lipinski definition) is 2. The van der Waals surface area contributed by atoms with Crippen molar-refractivity contribution in [2.75, 3.05) is 13.2 Å². The van der Waals surface area contributed by atoms with Crippen molar-refractivity contribution in [3.8, 4) is 11.5 Å². The number of hydrogen-bond donors (Lipinski definition) is 0. The maximum absolute atomic E-state index is 5.51. The third kappa shape index (κ3) is 2.00. The van der Waals surface area contributed by atoms with Gasteiger partial charge in [-0.3, -0.25) is 0 Å². The van der Waals surface area contributed by atoms with Gasteiger partial charge < -0.3 is 9.47 Å².